The first-order valence-electron chi connectivity index (χ1n) is 8.94. The Hall–Kier alpha value is -1.56. The molecule has 0 radical (unpaired) electrons. The number of carbonyl (C=O) groups is 1. The van der Waals surface area contributed by atoms with E-state index in [-0.39, 0.29) is 18.2 Å². The second-order valence-corrected chi connectivity index (χ2v) is 7.36. The second-order valence-electron chi connectivity index (χ2n) is 7.36. The van der Waals surface area contributed by atoms with Crippen LogP contribution in [0.1, 0.15) is 44.1 Å². The average Bonchev–Trinajstić information content (AvgIpc) is 3.06. The molecule has 1 aromatic heterocycles. The van der Waals surface area contributed by atoms with Crippen molar-refractivity contribution in [3.63, 3.8) is 0 Å². The SMILES string of the molecule is Cc1nn(C)c(C)c1CC(C)NC(=O)NCC1CCOC1C(C)C. The van der Waals surface area contributed by atoms with E-state index in [1.807, 2.05) is 25.6 Å². The highest BCUT2D eigenvalue weighted by atomic mass is 16.5. The molecule has 2 N–H and O–H groups in total. The van der Waals surface area contributed by atoms with Crippen LogP contribution in [0.2, 0.25) is 0 Å². The topological polar surface area (TPSA) is 68.2 Å². The zero-order valence-electron chi connectivity index (χ0n) is 15.8. The van der Waals surface area contributed by atoms with Gasteiger partial charge in [0.2, 0.25) is 0 Å². The van der Waals surface area contributed by atoms with Gasteiger partial charge in [-0.25, -0.2) is 4.79 Å². The Morgan fingerprint density at radius 3 is 2.67 bits per heavy atom. The second kappa shape index (κ2) is 8.01. The molecule has 6 nitrogen and oxygen atoms in total. The first-order valence-corrected chi connectivity index (χ1v) is 8.94. The van der Waals surface area contributed by atoms with Crippen molar-refractivity contribution in [3.05, 3.63) is 17.0 Å². The van der Waals surface area contributed by atoms with Crippen molar-refractivity contribution < 1.29 is 9.53 Å². The molecule has 3 unspecified atom stereocenters. The number of carbonyl (C=O) groups excluding carboxylic acids is 1. The maximum absolute atomic E-state index is 12.2. The molecule has 2 heterocycles. The molecule has 0 aliphatic carbocycles. The van der Waals surface area contributed by atoms with Gasteiger partial charge < -0.3 is 15.4 Å². The molecule has 3 atom stereocenters. The van der Waals surface area contributed by atoms with Gasteiger partial charge >= 0.3 is 6.03 Å². The molecule has 1 aromatic rings. The van der Waals surface area contributed by atoms with Crippen LogP contribution in [0, 0.1) is 25.7 Å². The zero-order chi connectivity index (χ0) is 17.9. The van der Waals surface area contributed by atoms with Crippen molar-refractivity contribution in [1.82, 2.24) is 20.4 Å². The van der Waals surface area contributed by atoms with Gasteiger partial charge in [0, 0.05) is 37.9 Å². The lowest BCUT2D eigenvalue weighted by Gasteiger charge is -2.23. The molecular weight excluding hydrogens is 304 g/mol. The molecule has 1 aliphatic heterocycles. The van der Waals surface area contributed by atoms with E-state index in [1.54, 1.807) is 0 Å². The Labute approximate surface area is 145 Å². The third-order valence-electron chi connectivity index (χ3n) is 4.99. The fourth-order valence-electron chi connectivity index (χ4n) is 3.58. The number of urea groups is 1. The van der Waals surface area contributed by atoms with Crippen LogP contribution in [-0.4, -0.2) is 41.1 Å². The summed E-state index contributed by atoms with van der Waals surface area (Å²) >= 11 is 0. The van der Waals surface area contributed by atoms with Crippen molar-refractivity contribution in [2.75, 3.05) is 13.2 Å². The largest absolute Gasteiger partial charge is 0.378 e. The lowest BCUT2D eigenvalue weighted by atomic mass is 9.93. The first-order chi connectivity index (χ1) is 11.3. The van der Waals surface area contributed by atoms with E-state index in [1.165, 1.54) is 5.56 Å². The van der Waals surface area contributed by atoms with E-state index >= 15 is 0 Å². The quantitative estimate of drug-likeness (QED) is 0.838. The number of aromatic nitrogens is 2. The predicted molar refractivity (Wildman–Crippen MR) is 95.1 cm³/mol. The summed E-state index contributed by atoms with van der Waals surface area (Å²) in [6, 6.07) is -0.0385. The summed E-state index contributed by atoms with van der Waals surface area (Å²) in [7, 11) is 1.95. The third kappa shape index (κ3) is 4.50. The van der Waals surface area contributed by atoms with E-state index < -0.39 is 0 Å². The normalized spacial score (nSPS) is 22.0. The Bertz CT molecular complexity index is 568. The summed E-state index contributed by atoms with van der Waals surface area (Å²) in [5, 5.41) is 10.5. The highest BCUT2D eigenvalue weighted by molar-refractivity contribution is 5.74. The minimum Gasteiger partial charge on any atom is -0.378 e. The van der Waals surface area contributed by atoms with Crippen LogP contribution in [0.25, 0.3) is 0 Å². The summed E-state index contributed by atoms with van der Waals surface area (Å²) in [6.07, 6.45) is 2.07. The van der Waals surface area contributed by atoms with Crippen LogP contribution in [0.4, 0.5) is 4.79 Å². The van der Waals surface area contributed by atoms with Gasteiger partial charge in [-0.3, -0.25) is 4.68 Å². The van der Waals surface area contributed by atoms with Gasteiger partial charge in [0.25, 0.3) is 0 Å². The van der Waals surface area contributed by atoms with Gasteiger partial charge in [0.05, 0.1) is 11.8 Å². The minimum absolute atomic E-state index is 0.0623. The zero-order valence-corrected chi connectivity index (χ0v) is 15.8. The van der Waals surface area contributed by atoms with E-state index in [0.29, 0.717) is 18.4 Å². The Balaban J connectivity index is 1.79. The van der Waals surface area contributed by atoms with Crippen LogP contribution in [0.5, 0.6) is 0 Å². The molecule has 0 saturated carbocycles. The summed E-state index contributed by atoms with van der Waals surface area (Å²) in [4.78, 5) is 12.2. The van der Waals surface area contributed by atoms with Gasteiger partial charge in [0.15, 0.2) is 0 Å². The molecule has 24 heavy (non-hydrogen) atoms. The predicted octanol–water partition coefficient (Wildman–Crippen LogP) is 2.33. The average molecular weight is 336 g/mol. The number of hydrogen-bond donors (Lipinski definition) is 2. The number of ether oxygens (including phenoxy) is 1. The number of hydrogen-bond acceptors (Lipinski definition) is 3. The molecule has 0 aromatic carbocycles. The number of nitrogens with one attached hydrogen (secondary N) is 2. The van der Waals surface area contributed by atoms with Gasteiger partial charge in [-0.05, 0) is 45.1 Å². The third-order valence-corrected chi connectivity index (χ3v) is 4.99. The van der Waals surface area contributed by atoms with Gasteiger partial charge in [-0.1, -0.05) is 13.8 Å². The van der Waals surface area contributed by atoms with Crippen molar-refractivity contribution in [1.29, 1.82) is 0 Å². The number of aryl methyl sites for hydroxylation is 2. The van der Waals surface area contributed by atoms with E-state index in [4.69, 9.17) is 4.74 Å². The summed E-state index contributed by atoms with van der Waals surface area (Å²) in [6.45, 7) is 11.9. The monoisotopic (exact) mass is 336 g/mol. The fourth-order valence-corrected chi connectivity index (χ4v) is 3.58. The van der Waals surface area contributed by atoms with Crippen molar-refractivity contribution in [2.24, 2.45) is 18.9 Å². The number of rotatable bonds is 6. The van der Waals surface area contributed by atoms with Gasteiger partial charge in [-0.2, -0.15) is 5.10 Å². The van der Waals surface area contributed by atoms with Crippen LogP contribution in [0.15, 0.2) is 0 Å². The molecule has 136 valence electrons. The molecule has 0 spiro atoms. The fraction of sp³-hybridized carbons (Fsp3) is 0.778. The number of nitrogens with zero attached hydrogens (tertiary/aromatic N) is 2. The molecular formula is C18H32N4O2. The highest BCUT2D eigenvalue weighted by Gasteiger charge is 2.30. The Morgan fingerprint density at radius 1 is 1.38 bits per heavy atom. The maximum atomic E-state index is 12.2. The molecule has 1 fully saturated rings. The van der Waals surface area contributed by atoms with E-state index in [2.05, 4.69) is 36.5 Å². The van der Waals surface area contributed by atoms with Crippen molar-refractivity contribution in [2.45, 2.75) is 59.6 Å². The first kappa shape index (κ1) is 18.8. The smallest absolute Gasteiger partial charge is 0.315 e. The summed E-state index contributed by atoms with van der Waals surface area (Å²) < 4.78 is 7.66. The standard InChI is InChI=1S/C18H32N4O2/c1-11(2)17-15(7-8-24-17)10-19-18(23)20-12(3)9-16-13(4)21-22(6)14(16)5/h11-12,15,17H,7-10H2,1-6H3,(H2,19,20,23). The van der Waals surface area contributed by atoms with Gasteiger partial charge in [-0.15, -0.1) is 0 Å². The Morgan fingerprint density at radius 2 is 2.08 bits per heavy atom. The molecule has 2 rings (SSSR count). The van der Waals surface area contributed by atoms with E-state index in [0.717, 1.165) is 30.8 Å². The van der Waals surface area contributed by atoms with Crippen molar-refractivity contribution in [3.8, 4) is 0 Å². The maximum Gasteiger partial charge on any atom is 0.315 e. The van der Waals surface area contributed by atoms with Gasteiger partial charge in [0.1, 0.15) is 0 Å². The van der Waals surface area contributed by atoms with Crippen molar-refractivity contribution >= 4 is 6.03 Å². The minimum atomic E-state index is -0.101. The van der Waals surface area contributed by atoms with Crippen LogP contribution in [-0.2, 0) is 18.2 Å². The molecule has 1 saturated heterocycles. The summed E-state index contributed by atoms with van der Waals surface area (Å²) in [5.74, 6) is 0.895. The highest BCUT2D eigenvalue weighted by Crippen LogP contribution is 2.26. The molecule has 6 heteroatoms. The summed E-state index contributed by atoms with van der Waals surface area (Å²) in [5.41, 5.74) is 3.41. The van der Waals surface area contributed by atoms with Crippen LogP contribution in [0.3, 0.4) is 0 Å². The Kier molecular flexibility index (Phi) is 6.27. The molecule has 0 bridgehead atoms. The number of amides is 2. The molecule has 1 aliphatic rings. The molecule has 2 amide bonds. The van der Waals surface area contributed by atoms with Crippen LogP contribution < -0.4 is 10.6 Å². The lowest BCUT2D eigenvalue weighted by Crippen LogP contribution is -2.44. The lowest BCUT2D eigenvalue weighted by molar-refractivity contribution is 0.0545. The van der Waals surface area contributed by atoms with E-state index in [9.17, 15) is 4.79 Å². The van der Waals surface area contributed by atoms with Crippen LogP contribution >= 0.6 is 0 Å².